The van der Waals surface area contributed by atoms with E-state index in [1.165, 1.54) is 11.3 Å². The monoisotopic (exact) mass is 288 g/mol. The molecule has 0 fully saturated rings. The van der Waals surface area contributed by atoms with Crippen LogP contribution >= 0.6 is 34.5 Å². The van der Waals surface area contributed by atoms with Crippen LogP contribution in [0.5, 0.6) is 0 Å². The van der Waals surface area contributed by atoms with Crippen LogP contribution < -0.4 is 0 Å². The first-order valence-corrected chi connectivity index (χ1v) is 6.91. The summed E-state index contributed by atoms with van der Waals surface area (Å²) >= 11 is 13.5. The van der Waals surface area contributed by atoms with Gasteiger partial charge >= 0.3 is 0 Å². The van der Waals surface area contributed by atoms with Crippen LogP contribution in [-0.2, 0) is 13.0 Å². The van der Waals surface area contributed by atoms with Gasteiger partial charge in [0.05, 0.1) is 21.0 Å². The van der Waals surface area contributed by atoms with Crippen molar-refractivity contribution in [3.8, 4) is 10.7 Å². The third-order valence-electron chi connectivity index (χ3n) is 2.93. The standard InChI is InChI=1S/C11H10Cl2N2OS/c12-9-2-1-8(17-9)11-14-10(13)7-5-6(16)3-4-15(7)11/h1-2,6,16H,3-5H2. The van der Waals surface area contributed by atoms with Crippen LogP contribution in [0.4, 0.5) is 0 Å². The Bertz CT molecular complexity index is 564. The molecule has 0 aliphatic carbocycles. The van der Waals surface area contributed by atoms with Gasteiger partial charge in [-0.2, -0.15) is 0 Å². The first-order chi connectivity index (χ1) is 8.15. The summed E-state index contributed by atoms with van der Waals surface area (Å²) in [6.07, 6.45) is 1.01. The minimum atomic E-state index is -0.309. The van der Waals surface area contributed by atoms with E-state index in [2.05, 4.69) is 9.55 Å². The molecule has 0 radical (unpaired) electrons. The second kappa shape index (κ2) is 4.28. The Morgan fingerprint density at radius 2 is 2.24 bits per heavy atom. The molecule has 3 heterocycles. The van der Waals surface area contributed by atoms with Gasteiger partial charge in [-0.25, -0.2) is 4.98 Å². The van der Waals surface area contributed by atoms with Crippen molar-refractivity contribution in [2.75, 3.05) is 0 Å². The number of aliphatic hydroxyl groups excluding tert-OH is 1. The number of hydrogen-bond acceptors (Lipinski definition) is 3. The predicted octanol–water partition coefficient (Wildman–Crippen LogP) is 3.23. The Kier molecular flexibility index (Phi) is 2.91. The van der Waals surface area contributed by atoms with E-state index in [4.69, 9.17) is 23.2 Å². The fourth-order valence-electron chi connectivity index (χ4n) is 2.12. The number of hydrogen-bond donors (Lipinski definition) is 1. The molecule has 1 aliphatic heterocycles. The maximum absolute atomic E-state index is 9.65. The lowest BCUT2D eigenvalue weighted by Gasteiger charge is -2.20. The number of imidazole rings is 1. The van der Waals surface area contributed by atoms with Crippen LogP contribution in [0, 0.1) is 0 Å². The summed E-state index contributed by atoms with van der Waals surface area (Å²) in [4.78, 5) is 5.39. The van der Waals surface area contributed by atoms with Crippen molar-refractivity contribution >= 4 is 34.5 Å². The largest absolute Gasteiger partial charge is 0.393 e. The smallest absolute Gasteiger partial charge is 0.152 e. The first kappa shape index (κ1) is 11.5. The molecule has 6 heteroatoms. The molecule has 0 amide bonds. The molecule has 3 nitrogen and oxygen atoms in total. The minimum Gasteiger partial charge on any atom is -0.393 e. The van der Waals surface area contributed by atoms with Gasteiger partial charge in [0.1, 0.15) is 0 Å². The van der Waals surface area contributed by atoms with Crippen molar-refractivity contribution in [3.63, 3.8) is 0 Å². The topological polar surface area (TPSA) is 38.0 Å². The predicted molar refractivity (Wildman–Crippen MR) is 69.9 cm³/mol. The molecular formula is C11H10Cl2N2OS. The molecule has 0 saturated carbocycles. The molecule has 1 atom stereocenters. The number of halogens is 2. The van der Waals surface area contributed by atoms with Crippen molar-refractivity contribution in [2.24, 2.45) is 0 Å². The summed E-state index contributed by atoms with van der Waals surface area (Å²) in [5.41, 5.74) is 0.921. The highest BCUT2D eigenvalue weighted by atomic mass is 35.5. The van der Waals surface area contributed by atoms with Crippen LogP contribution in [0.1, 0.15) is 12.1 Å². The summed E-state index contributed by atoms with van der Waals surface area (Å²) in [5.74, 6) is 0.855. The van der Waals surface area contributed by atoms with E-state index in [1.807, 2.05) is 12.1 Å². The lowest BCUT2D eigenvalue weighted by molar-refractivity contribution is 0.144. The molecular weight excluding hydrogens is 279 g/mol. The number of nitrogens with zero attached hydrogens (tertiary/aromatic N) is 2. The van der Waals surface area contributed by atoms with Gasteiger partial charge in [-0.1, -0.05) is 23.2 Å². The van der Waals surface area contributed by atoms with Gasteiger partial charge < -0.3 is 9.67 Å². The maximum Gasteiger partial charge on any atom is 0.152 e. The third-order valence-corrected chi connectivity index (χ3v) is 4.46. The van der Waals surface area contributed by atoms with Gasteiger partial charge in [-0.3, -0.25) is 0 Å². The van der Waals surface area contributed by atoms with E-state index in [1.54, 1.807) is 0 Å². The van der Waals surface area contributed by atoms with Crippen molar-refractivity contribution in [3.05, 3.63) is 27.3 Å². The third kappa shape index (κ3) is 1.99. The van der Waals surface area contributed by atoms with Gasteiger partial charge in [0.25, 0.3) is 0 Å². The van der Waals surface area contributed by atoms with Crippen LogP contribution in [-0.4, -0.2) is 20.8 Å². The second-order valence-corrected chi connectivity index (χ2v) is 6.15. The van der Waals surface area contributed by atoms with E-state index in [0.717, 1.165) is 33.7 Å². The number of thiophene rings is 1. The van der Waals surface area contributed by atoms with E-state index >= 15 is 0 Å². The van der Waals surface area contributed by atoms with E-state index in [0.29, 0.717) is 11.6 Å². The van der Waals surface area contributed by atoms with Crippen LogP contribution in [0.25, 0.3) is 10.7 Å². The lowest BCUT2D eigenvalue weighted by atomic mass is 10.1. The Morgan fingerprint density at radius 3 is 2.94 bits per heavy atom. The summed E-state index contributed by atoms with van der Waals surface area (Å²) < 4.78 is 2.82. The molecule has 1 unspecified atom stereocenters. The molecule has 90 valence electrons. The van der Waals surface area contributed by atoms with Crippen LogP contribution in [0.15, 0.2) is 12.1 Å². The van der Waals surface area contributed by atoms with Crippen LogP contribution in [0.3, 0.4) is 0 Å². The van der Waals surface area contributed by atoms with Crippen molar-refractivity contribution in [1.82, 2.24) is 9.55 Å². The van der Waals surface area contributed by atoms with Crippen LogP contribution in [0.2, 0.25) is 9.49 Å². The Morgan fingerprint density at radius 1 is 1.41 bits per heavy atom. The summed E-state index contributed by atoms with van der Waals surface area (Å²) in [7, 11) is 0. The zero-order valence-electron chi connectivity index (χ0n) is 8.86. The zero-order valence-corrected chi connectivity index (χ0v) is 11.2. The normalized spacial score (nSPS) is 19.4. The minimum absolute atomic E-state index is 0.309. The molecule has 0 saturated heterocycles. The quantitative estimate of drug-likeness (QED) is 0.875. The molecule has 3 rings (SSSR count). The van der Waals surface area contributed by atoms with Crippen molar-refractivity contribution in [1.29, 1.82) is 0 Å². The maximum atomic E-state index is 9.65. The Labute approximate surface area is 113 Å². The van der Waals surface area contributed by atoms with Crippen molar-refractivity contribution in [2.45, 2.75) is 25.5 Å². The highest BCUT2D eigenvalue weighted by Gasteiger charge is 2.24. The summed E-state index contributed by atoms with van der Waals surface area (Å²) in [6.45, 7) is 0.751. The summed E-state index contributed by atoms with van der Waals surface area (Å²) in [6, 6.07) is 3.80. The number of aromatic nitrogens is 2. The van der Waals surface area contributed by atoms with E-state index < -0.39 is 0 Å². The molecule has 1 N–H and O–H groups in total. The molecule has 0 bridgehead atoms. The van der Waals surface area contributed by atoms with Gasteiger partial charge in [0.2, 0.25) is 0 Å². The highest BCUT2D eigenvalue weighted by Crippen LogP contribution is 2.35. The van der Waals surface area contributed by atoms with Gasteiger partial charge in [0, 0.05) is 13.0 Å². The van der Waals surface area contributed by atoms with Gasteiger partial charge in [-0.15, -0.1) is 11.3 Å². The lowest BCUT2D eigenvalue weighted by Crippen LogP contribution is -2.23. The zero-order chi connectivity index (χ0) is 12.0. The Balaban J connectivity index is 2.10. The average Bonchev–Trinajstić information content (AvgIpc) is 2.84. The fourth-order valence-corrected chi connectivity index (χ4v) is 3.42. The average molecular weight is 289 g/mol. The van der Waals surface area contributed by atoms with Gasteiger partial charge in [-0.05, 0) is 18.6 Å². The molecule has 1 aliphatic rings. The molecule has 17 heavy (non-hydrogen) atoms. The molecule has 2 aromatic rings. The van der Waals surface area contributed by atoms with Gasteiger partial charge in [0.15, 0.2) is 11.0 Å². The fraction of sp³-hybridized carbons (Fsp3) is 0.364. The van der Waals surface area contributed by atoms with Crippen molar-refractivity contribution < 1.29 is 5.11 Å². The van der Waals surface area contributed by atoms with E-state index in [-0.39, 0.29) is 6.10 Å². The highest BCUT2D eigenvalue weighted by molar-refractivity contribution is 7.19. The summed E-state index contributed by atoms with van der Waals surface area (Å²) in [5, 5.41) is 10.1. The Hall–Kier alpha value is -0.550. The molecule has 0 spiro atoms. The molecule has 2 aromatic heterocycles. The first-order valence-electron chi connectivity index (χ1n) is 5.34. The number of rotatable bonds is 1. The number of fused-ring (bicyclic) bond motifs is 1. The SMILES string of the molecule is OC1CCn2c(-c3ccc(Cl)s3)nc(Cl)c2C1. The molecule has 0 aromatic carbocycles. The van der Waals surface area contributed by atoms with E-state index in [9.17, 15) is 5.11 Å². The second-order valence-electron chi connectivity index (χ2n) is 4.07. The number of aliphatic hydroxyl groups is 1.